The zero-order valence-corrected chi connectivity index (χ0v) is 10.2. The minimum absolute atomic E-state index is 0.0505. The lowest BCUT2D eigenvalue weighted by atomic mass is 10.1. The van der Waals surface area contributed by atoms with Crippen molar-refractivity contribution in [1.29, 1.82) is 5.26 Å². The molecular formula is C14H9FN2O3. The van der Waals surface area contributed by atoms with E-state index in [4.69, 9.17) is 15.1 Å². The predicted octanol–water partition coefficient (Wildman–Crippen LogP) is 2.37. The van der Waals surface area contributed by atoms with Gasteiger partial charge in [0.05, 0.1) is 11.8 Å². The number of pyridine rings is 1. The highest BCUT2D eigenvalue weighted by molar-refractivity contribution is 5.85. The molecule has 0 fully saturated rings. The first-order valence-corrected chi connectivity index (χ1v) is 5.61. The van der Waals surface area contributed by atoms with Gasteiger partial charge in [0.15, 0.2) is 0 Å². The van der Waals surface area contributed by atoms with E-state index in [9.17, 15) is 9.18 Å². The van der Waals surface area contributed by atoms with E-state index in [-0.39, 0.29) is 17.9 Å². The zero-order chi connectivity index (χ0) is 14.5. The van der Waals surface area contributed by atoms with Crippen LogP contribution in [0, 0.1) is 17.1 Å². The van der Waals surface area contributed by atoms with Crippen molar-refractivity contribution in [2.45, 2.75) is 6.61 Å². The SMILES string of the molecule is N#Cc1cc(COc2ccc(C(=O)O)nc2)ccc1F. The standard InChI is InChI=1S/C14H9FN2O3/c15-12-3-1-9(5-10(12)6-16)8-20-11-2-4-13(14(18)19)17-7-11/h1-5,7H,8H2,(H,18,19). The Morgan fingerprint density at radius 1 is 1.40 bits per heavy atom. The number of aromatic nitrogens is 1. The maximum absolute atomic E-state index is 13.1. The number of benzene rings is 1. The highest BCUT2D eigenvalue weighted by Crippen LogP contribution is 2.14. The number of carbonyl (C=O) groups is 1. The minimum Gasteiger partial charge on any atom is -0.487 e. The van der Waals surface area contributed by atoms with Gasteiger partial charge < -0.3 is 9.84 Å². The zero-order valence-electron chi connectivity index (χ0n) is 10.2. The molecule has 0 amide bonds. The van der Waals surface area contributed by atoms with Gasteiger partial charge in [0.1, 0.15) is 29.9 Å². The molecule has 1 heterocycles. The van der Waals surface area contributed by atoms with Crippen LogP contribution in [-0.2, 0) is 6.61 Å². The maximum atomic E-state index is 13.1. The van der Waals surface area contributed by atoms with Crippen LogP contribution in [0.1, 0.15) is 21.6 Å². The molecule has 2 rings (SSSR count). The molecule has 0 spiro atoms. The summed E-state index contributed by atoms with van der Waals surface area (Å²) in [5.74, 6) is -1.31. The van der Waals surface area contributed by atoms with Gasteiger partial charge in [0.25, 0.3) is 0 Å². The lowest BCUT2D eigenvalue weighted by Gasteiger charge is -2.06. The van der Waals surface area contributed by atoms with E-state index in [1.165, 1.54) is 36.5 Å². The second-order valence-corrected chi connectivity index (χ2v) is 3.90. The van der Waals surface area contributed by atoms with Gasteiger partial charge in [-0.1, -0.05) is 6.07 Å². The largest absolute Gasteiger partial charge is 0.487 e. The van der Waals surface area contributed by atoms with Gasteiger partial charge >= 0.3 is 5.97 Å². The van der Waals surface area contributed by atoms with Gasteiger partial charge in [-0.05, 0) is 29.8 Å². The summed E-state index contributed by atoms with van der Waals surface area (Å²) in [5, 5.41) is 17.4. The van der Waals surface area contributed by atoms with Gasteiger partial charge in [0, 0.05) is 0 Å². The summed E-state index contributed by atoms with van der Waals surface area (Å²) in [6.45, 7) is 0.128. The van der Waals surface area contributed by atoms with E-state index in [0.29, 0.717) is 11.3 Å². The molecule has 5 nitrogen and oxygen atoms in total. The topological polar surface area (TPSA) is 83.2 Å². The monoisotopic (exact) mass is 272 g/mol. The lowest BCUT2D eigenvalue weighted by Crippen LogP contribution is -2.01. The van der Waals surface area contributed by atoms with E-state index in [2.05, 4.69) is 4.98 Å². The quantitative estimate of drug-likeness (QED) is 0.923. The molecule has 0 unspecified atom stereocenters. The number of nitriles is 1. The third-order valence-corrected chi connectivity index (χ3v) is 2.51. The van der Waals surface area contributed by atoms with Gasteiger partial charge in [-0.3, -0.25) is 0 Å². The summed E-state index contributed by atoms with van der Waals surface area (Å²) in [5.41, 5.74) is 0.501. The second kappa shape index (κ2) is 5.80. The minimum atomic E-state index is -1.12. The summed E-state index contributed by atoms with van der Waals surface area (Å²) in [6, 6.07) is 8.65. The van der Waals surface area contributed by atoms with Gasteiger partial charge in [0.2, 0.25) is 0 Å². The smallest absolute Gasteiger partial charge is 0.354 e. The number of rotatable bonds is 4. The normalized spacial score (nSPS) is 9.80. The fourth-order valence-electron chi connectivity index (χ4n) is 1.51. The molecule has 0 aliphatic rings. The van der Waals surface area contributed by atoms with Crippen molar-refractivity contribution < 1.29 is 19.0 Å². The van der Waals surface area contributed by atoms with Crippen molar-refractivity contribution in [3.05, 3.63) is 59.2 Å². The van der Waals surface area contributed by atoms with Crippen LogP contribution in [0.3, 0.4) is 0 Å². The summed E-state index contributed by atoms with van der Waals surface area (Å²) >= 11 is 0. The third-order valence-electron chi connectivity index (χ3n) is 2.51. The van der Waals surface area contributed by atoms with Gasteiger partial charge in [-0.2, -0.15) is 5.26 Å². The number of hydrogen-bond acceptors (Lipinski definition) is 4. The van der Waals surface area contributed by atoms with Crippen LogP contribution in [-0.4, -0.2) is 16.1 Å². The molecular weight excluding hydrogens is 263 g/mol. The Bertz CT molecular complexity index is 678. The Balaban J connectivity index is 2.05. The van der Waals surface area contributed by atoms with Crippen molar-refractivity contribution in [2.24, 2.45) is 0 Å². The molecule has 2 aromatic rings. The van der Waals surface area contributed by atoms with Crippen LogP contribution in [0.4, 0.5) is 4.39 Å². The van der Waals surface area contributed by atoms with Gasteiger partial charge in [-0.15, -0.1) is 0 Å². The van der Waals surface area contributed by atoms with E-state index in [1.54, 1.807) is 6.07 Å². The molecule has 0 bridgehead atoms. The molecule has 0 aliphatic heterocycles. The van der Waals surface area contributed by atoms with Crippen LogP contribution >= 0.6 is 0 Å². The van der Waals surface area contributed by atoms with Crippen molar-refractivity contribution in [1.82, 2.24) is 4.98 Å². The number of ether oxygens (including phenoxy) is 1. The highest BCUT2D eigenvalue weighted by atomic mass is 19.1. The lowest BCUT2D eigenvalue weighted by molar-refractivity contribution is 0.0690. The first kappa shape index (κ1) is 13.5. The molecule has 1 N–H and O–H groups in total. The van der Waals surface area contributed by atoms with Crippen LogP contribution in [0.5, 0.6) is 5.75 Å². The average molecular weight is 272 g/mol. The Morgan fingerprint density at radius 2 is 2.20 bits per heavy atom. The first-order chi connectivity index (χ1) is 9.60. The number of carboxylic acids is 1. The van der Waals surface area contributed by atoms with Gasteiger partial charge in [-0.25, -0.2) is 14.2 Å². The maximum Gasteiger partial charge on any atom is 0.354 e. The summed E-state index contributed by atoms with van der Waals surface area (Å²) in [4.78, 5) is 14.3. The van der Waals surface area contributed by atoms with E-state index in [1.807, 2.05) is 0 Å². The average Bonchev–Trinajstić information content (AvgIpc) is 2.46. The molecule has 0 atom stereocenters. The molecule has 6 heteroatoms. The summed E-state index contributed by atoms with van der Waals surface area (Å²) in [6.07, 6.45) is 1.29. The summed E-state index contributed by atoms with van der Waals surface area (Å²) in [7, 11) is 0. The van der Waals surface area contributed by atoms with Crippen LogP contribution in [0.2, 0.25) is 0 Å². The Morgan fingerprint density at radius 3 is 2.80 bits per heavy atom. The van der Waals surface area contributed by atoms with Crippen molar-refractivity contribution in [3.8, 4) is 11.8 Å². The molecule has 1 aromatic heterocycles. The number of carboxylic acid groups (broad SMARTS) is 1. The molecule has 1 aromatic carbocycles. The highest BCUT2D eigenvalue weighted by Gasteiger charge is 2.06. The molecule has 0 radical (unpaired) electrons. The number of nitrogens with zero attached hydrogens (tertiary/aromatic N) is 2. The van der Waals surface area contributed by atoms with E-state index < -0.39 is 11.8 Å². The first-order valence-electron chi connectivity index (χ1n) is 5.61. The molecule has 0 saturated heterocycles. The molecule has 20 heavy (non-hydrogen) atoms. The second-order valence-electron chi connectivity index (χ2n) is 3.90. The Kier molecular flexibility index (Phi) is 3.91. The van der Waals surface area contributed by atoms with Crippen molar-refractivity contribution in [2.75, 3.05) is 0 Å². The Labute approximate surface area is 113 Å². The number of hydrogen-bond donors (Lipinski definition) is 1. The number of aromatic carboxylic acids is 1. The molecule has 0 saturated carbocycles. The summed E-state index contributed by atoms with van der Waals surface area (Å²) < 4.78 is 18.5. The fourth-order valence-corrected chi connectivity index (χ4v) is 1.51. The van der Waals surface area contributed by atoms with Crippen molar-refractivity contribution in [3.63, 3.8) is 0 Å². The predicted molar refractivity (Wildman–Crippen MR) is 66.6 cm³/mol. The van der Waals surface area contributed by atoms with Crippen molar-refractivity contribution >= 4 is 5.97 Å². The van der Waals surface area contributed by atoms with E-state index in [0.717, 1.165) is 0 Å². The fraction of sp³-hybridized carbons (Fsp3) is 0.0714. The Hall–Kier alpha value is -2.94. The van der Waals surface area contributed by atoms with Crippen LogP contribution < -0.4 is 4.74 Å². The van der Waals surface area contributed by atoms with Crippen LogP contribution in [0.25, 0.3) is 0 Å². The van der Waals surface area contributed by atoms with E-state index >= 15 is 0 Å². The number of halogens is 1. The molecule has 100 valence electrons. The van der Waals surface area contributed by atoms with Crippen LogP contribution in [0.15, 0.2) is 36.5 Å². The molecule has 0 aliphatic carbocycles. The third kappa shape index (κ3) is 3.09.